The molecule has 0 unspecified atom stereocenters. The van der Waals surface area contributed by atoms with Crippen molar-refractivity contribution >= 4 is 45.1 Å². The van der Waals surface area contributed by atoms with Crippen molar-refractivity contribution < 1.29 is 9.90 Å². The molecule has 0 amide bonds. The molecule has 0 bridgehead atoms. The minimum atomic E-state index is -0.526. The van der Waals surface area contributed by atoms with Gasteiger partial charge in [0.15, 0.2) is 5.78 Å². The van der Waals surface area contributed by atoms with Gasteiger partial charge in [-0.25, -0.2) is 0 Å². The molecule has 0 aliphatic heterocycles. The number of rotatable bonds is 5. The van der Waals surface area contributed by atoms with Crippen LogP contribution in [-0.4, -0.2) is 31.0 Å². The molecule has 0 aliphatic carbocycles. The van der Waals surface area contributed by atoms with Gasteiger partial charge in [0.25, 0.3) is 0 Å². The number of carbonyl (C=O) groups is 1. The highest BCUT2D eigenvalue weighted by molar-refractivity contribution is 8.47. The Bertz CT molecular complexity index is 237. The molecule has 0 saturated heterocycles. The number of aliphatic hydroxyl groups excluding tert-OH is 1. The van der Waals surface area contributed by atoms with Crippen LogP contribution in [0, 0.1) is 0 Å². The predicted octanol–water partition coefficient (Wildman–Crippen LogP) is 2.88. The van der Waals surface area contributed by atoms with Crippen molar-refractivity contribution in [2.75, 3.05) is 6.61 Å². The summed E-state index contributed by atoms with van der Waals surface area (Å²) in [4.78, 5) is 11.6. The van der Waals surface area contributed by atoms with Gasteiger partial charge in [-0.05, 0) is 13.8 Å². The lowest BCUT2D eigenvalue weighted by Gasteiger charge is -2.22. The van der Waals surface area contributed by atoms with Gasteiger partial charge in [0.05, 0.1) is 11.4 Å². The molecule has 1 N–H and O–H groups in total. The van der Waals surface area contributed by atoms with Crippen molar-refractivity contribution in [1.29, 1.82) is 0 Å². The highest BCUT2D eigenvalue weighted by Gasteiger charge is 2.29. The fourth-order valence-corrected chi connectivity index (χ4v) is 4.50. The van der Waals surface area contributed by atoms with E-state index in [2.05, 4.69) is 13.8 Å². The summed E-state index contributed by atoms with van der Waals surface area (Å²) in [7, 11) is 0. The predicted molar refractivity (Wildman–Crippen MR) is 73.7 cm³/mol. The maximum atomic E-state index is 11.6. The Morgan fingerprint density at radius 3 is 2.40 bits per heavy atom. The molecular formula is C10H18O2S3. The quantitative estimate of drug-likeness (QED) is 0.775. The van der Waals surface area contributed by atoms with Crippen LogP contribution in [0.3, 0.4) is 0 Å². The van der Waals surface area contributed by atoms with E-state index in [4.69, 9.17) is 17.3 Å². The Morgan fingerprint density at radius 1 is 1.47 bits per heavy atom. The van der Waals surface area contributed by atoms with Crippen LogP contribution in [0.4, 0.5) is 0 Å². The van der Waals surface area contributed by atoms with Crippen LogP contribution in [-0.2, 0) is 4.79 Å². The van der Waals surface area contributed by atoms with Gasteiger partial charge in [-0.3, -0.25) is 4.79 Å². The van der Waals surface area contributed by atoms with Gasteiger partial charge < -0.3 is 5.11 Å². The van der Waals surface area contributed by atoms with Crippen molar-refractivity contribution in [3.05, 3.63) is 0 Å². The first-order valence-corrected chi connectivity index (χ1v) is 6.94. The fourth-order valence-electron chi connectivity index (χ4n) is 0.884. The average Bonchev–Trinajstić information content (AvgIpc) is 2.01. The smallest absolute Gasteiger partial charge is 0.151 e. The minimum Gasteiger partial charge on any atom is -0.396 e. The number of hydrogen-bond donors (Lipinski definition) is 1. The summed E-state index contributed by atoms with van der Waals surface area (Å²) < 4.78 is 0.267. The number of Topliss-reactive ketones (excluding diaryl/α,β-unsaturated/α-hetero) is 1. The first-order chi connectivity index (χ1) is 6.79. The van der Waals surface area contributed by atoms with E-state index in [0.717, 1.165) is 3.53 Å². The van der Waals surface area contributed by atoms with E-state index >= 15 is 0 Å². The summed E-state index contributed by atoms with van der Waals surface area (Å²) in [5, 5.41) is 9.15. The van der Waals surface area contributed by atoms with Gasteiger partial charge in [-0.1, -0.05) is 37.8 Å². The molecule has 5 heteroatoms. The second-order valence-corrected chi connectivity index (χ2v) is 8.33. The van der Waals surface area contributed by atoms with Crippen molar-refractivity contribution in [1.82, 2.24) is 0 Å². The second kappa shape index (κ2) is 6.89. The van der Waals surface area contributed by atoms with Crippen molar-refractivity contribution in [3.63, 3.8) is 0 Å². The molecule has 0 heterocycles. The lowest BCUT2D eigenvalue weighted by molar-refractivity contribution is -0.121. The summed E-state index contributed by atoms with van der Waals surface area (Å²) in [5.41, 5.74) is 0. The Morgan fingerprint density at radius 2 is 2.00 bits per heavy atom. The summed E-state index contributed by atoms with van der Waals surface area (Å²) in [6.45, 7) is 7.75. The molecule has 0 aromatic carbocycles. The zero-order valence-corrected chi connectivity index (χ0v) is 12.0. The number of carbonyl (C=O) groups excluding carboxylic acids is 1. The van der Waals surface area contributed by atoms with E-state index in [1.54, 1.807) is 11.8 Å². The van der Waals surface area contributed by atoms with Crippen LogP contribution < -0.4 is 0 Å². The molecule has 0 aliphatic rings. The van der Waals surface area contributed by atoms with E-state index < -0.39 is 4.75 Å². The number of thioether (sulfide) groups is 2. The van der Waals surface area contributed by atoms with Gasteiger partial charge in [0.1, 0.15) is 3.53 Å². The molecule has 0 fully saturated rings. The SMILES string of the molecule is CC(C)SC(=S)SC(C)(C)C(=O)CCO. The topological polar surface area (TPSA) is 37.3 Å². The van der Waals surface area contributed by atoms with E-state index in [1.807, 2.05) is 13.8 Å². The molecule has 0 aromatic rings. The van der Waals surface area contributed by atoms with E-state index in [1.165, 1.54) is 11.8 Å². The van der Waals surface area contributed by atoms with Crippen LogP contribution in [0.1, 0.15) is 34.1 Å². The average molecular weight is 266 g/mol. The van der Waals surface area contributed by atoms with E-state index in [9.17, 15) is 4.79 Å². The normalized spacial score (nSPS) is 11.9. The van der Waals surface area contributed by atoms with Crippen LogP contribution in [0.25, 0.3) is 0 Å². The van der Waals surface area contributed by atoms with Gasteiger partial charge in [0.2, 0.25) is 0 Å². The molecule has 2 nitrogen and oxygen atoms in total. The molecule has 0 radical (unpaired) electrons. The van der Waals surface area contributed by atoms with Gasteiger partial charge in [-0.2, -0.15) is 0 Å². The zero-order valence-electron chi connectivity index (χ0n) is 9.57. The van der Waals surface area contributed by atoms with Crippen LogP contribution in [0.5, 0.6) is 0 Å². The summed E-state index contributed by atoms with van der Waals surface area (Å²) in [6.07, 6.45) is 0.203. The Kier molecular flexibility index (Phi) is 7.08. The second-order valence-electron chi connectivity index (χ2n) is 3.93. The third kappa shape index (κ3) is 6.56. The van der Waals surface area contributed by atoms with Crippen molar-refractivity contribution in [3.8, 4) is 0 Å². The summed E-state index contributed by atoms with van der Waals surface area (Å²) in [5.74, 6) is 0.0432. The molecule has 88 valence electrons. The zero-order chi connectivity index (χ0) is 12.1. The number of hydrogen-bond acceptors (Lipinski definition) is 5. The summed E-state index contributed by atoms with van der Waals surface area (Å²) in [6, 6.07) is 0. The fraction of sp³-hybridized carbons (Fsp3) is 0.800. The largest absolute Gasteiger partial charge is 0.396 e. The summed E-state index contributed by atoms with van der Waals surface area (Å²) >= 11 is 8.20. The van der Waals surface area contributed by atoms with Crippen LogP contribution in [0.15, 0.2) is 0 Å². The Hall–Kier alpha value is 0.420. The third-order valence-corrected chi connectivity index (χ3v) is 4.33. The minimum absolute atomic E-state index is 0.0432. The first-order valence-electron chi connectivity index (χ1n) is 4.83. The Labute approximate surface area is 106 Å². The van der Waals surface area contributed by atoms with Crippen molar-refractivity contribution in [2.45, 2.75) is 44.1 Å². The van der Waals surface area contributed by atoms with Crippen molar-refractivity contribution in [2.24, 2.45) is 0 Å². The monoisotopic (exact) mass is 266 g/mol. The molecule has 0 saturated carbocycles. The lowest BCUT2D eigenvalue weighted by Crippen LogP contribution is -2.29. The molecular weight excluding hydrogens is 248 g/mol. The standard InChI is InChI=1S/C10H18O2S3/c1-7(2)14-9(13)15-10(3,4)8(12)5-6-11/h7,11H,5-6H2,1-4H3. The van der Waals surface area contributed by atoms with Crippen LogP contribution in [0.2, 0.25) is 0 Å². The van der Waals surface area contributed by atoms with Gasteiger partial charge >= 0.3 is 0 Å². The lowest BCUT2D eigenvalue weighted by atomic mass is 10.1. The molecule has 0 spiro atoms. The molecule has 0 aromatic heterocycles. The highest BCUT2D eigenvalue weighted by atomic mass is 32.2. The van der Waals surface area contributed by atoms with Gasteiger partial charge in [0, 0.05) is 11.7 Å². The first kappa shape index (κ1) is 15.4. The highest BCUT2D eigenvalue weighted by Crippen LogP contribution is 2.33. The van der Waals surface area contributed by atoms with Crippen LogP contribution >= 0.6 is 35.7 Å². The number of ketones is 1. The number of aliphatic hydroxyl groups is 1. The Balaban J connectivity index is 4.24. The molecule has 15 heavy (non-hydrogen) atoms. The maximum Gasteiger partial charge on any atom is 0.151 e. The van der Waals surface area contributed by atoms with E-state index in [0.29, 0.717) is 5.25 Å². The van der Waals surface area contributed by atoms with E-state index in [-0.39, 0.29) is 18.8 Å². The molecule has 0 atom stereocenters. The van der Waals surface area contributed by atoms with Gasteiger partial charge in [-0.15, -0.1) is 11.8 Å². The third-order valence-electron chi connectivity index (χ3n) is 1.68. The number of thiocarbonyl (C=S) groups is 1. The molecule has 0 rings (SSSR count). The maximum absolute atomic E-state index is 11.6.